The number of allylic oxidation sites excluding steroid dienone is 1. The highest BCUT2D eigenvalue weighted by Gasteiger charge is 2.60. The molecular weight excluding hydrogens is 384 g/mol. The molecule has 0 N–H and O–H groups in total. The van der Waals surface area contributed by atoms with Gasteiger partial charge in [-0.15, -0.1) is 0 Å². The van der Waals surface area contributed by atoms with Crippen molar-refractivity contribution in [2.75, 3.05) is 14.2 Å². The lowest BCUT2D eigenvalue weighted by Gasteiger charge is -2.59. The molecular formula is C28H38O3. The molecule has 31 heavy (non-hydrogen) atoms. The third-order valence-corrected chi connectivity index (χ3v) is 9.97. The number of fused-ring (bicyclic) bond motifs is 5. The van der Waals surface area contributed by atoms with Crippen LogP contribution >= 0.6 is 0 Å². The van der Waals surface area contributed by atoms with Crippen molar-refractivity contribution in [2.45, 2.75) is 71.6 Å². The van der Waals surface area contributed by atoms with Crippen LogP contribution in [0.25, 0.3) is 6.08 Å². The standard InChI is InChI=1S/C28H38O3/c1-27-13-6-5-7-20(27)9-10-21-22(27)12-14-28(2)23(21)17-19(26(28)29)15-18-8-11-24(30-3)25(16-18)31-4/h8,11,15-16,20-23H,5-7,9-10,12-14,17H2,1-4H3/b19-15+/t20-,21-,22+,23+,27+,28+/m1/s1. The van der Waals surface area contributed by atoms with E-state index in [4.69, 9.17) is 9.47 Å². The average Bonchev–Trinajstić information content (AvgIpc) is 3.03. The van der Waals surface area contributed by atoms with Gasteiger partial charge in [-0.3, -0.25) is 4.79 Å². The number of hydrogen-bond donors (Lipinski definition) is 0. The maximum absolute atomic E-state index is 13.7. The van der Waals surface area contributed by atoms with E-state index in [-0.39, 0.29) is 5.41 Å². The Hall–Kier alpha value is -1.77. The van der Waals surface area contributed by atoms with Gasteiger partial charge < -0.3 is 9.47 Å². The summed E-state index contributed by atoms with van der Waals surface area (Å²) in [7, 11) is 3.31. The summed E-state index contributed by atoms with van der Waals surface area (Å²) >= 11 is 0. The number of ether oxygens (including phenoxy) is 2. The van der Waals surface area contributed by atoms with Gasteiger partial charge in [0.2, 0.25) is 0 Å². The Labute approximate surface area is 187 Å². The van der Waals surface area contributed by atoms with Crippen molar-refractivity contribution in [3.05, 3.63) is 29.3 Å². The van der Waals surface area contributed by atoms with Gasteiger partial charge >= 0.3 is 0 Å². The van der Waals surface area contributed by atoms with E-state index in [0.29, 0.717) is 17.1 Å². The highest BCUT2D eigenvalue weighted by atomic mass is 16.5. The highest BCUT2D eigenvalue weighted by molar-refractivity contribution is 6.06. The Kier molecular flexibility index (Phi) is 5.22. The fourth-order valence-electron chi connectivity index (χ4n) is 8.24. The van der Waals surface area contributed by atoms with Crippen LogP contribution in [0.1, 0.15) is 77.2 Å². The molecule has 0 radical (unpaired) electrons. The third-order valence-electron chi connectivity index (χ3n) is 9.97. The second kappa shape index (κ2) is 7.67. The largest absolute Gasteiger partial charge is 0.493 e. The van der Waals surface area contributed by atoms with Crippen molar-refractivity contribution < 1.29 is 14.3 Å². The van der Waals surface area contributed by atoms with Gasteiger partial charge in [0, 0.05) is 5.41 Å². The van der Waals surface area contributed by atoms with Crippen LogP contribution in [0.5, 0.6) is 11.5 Å². The topological polar surface area (TPSA) is 35.5 Å². The first-order chi connectivity index (χ1) is 14.9. The Morgan fingerprint density at radius 1 is 0.935 bits per heavy atom. The van der Waals surface area contributed by atoms with E-state index in [1.807, 2.05) is 18.2 Å². The molecule has 3 nitrogen and oxygen atoms in total. The van der Waals surface area contributed by atoms with Gasteiger partial charge in [0.1, 0.15) is 0 Å². The molecule has 0 unspecified atom stereocenters. The van der Waals surface area contributed by atoms with Gasteiger partial charge in [0.25, 0.3) is 0 Å². The first kappa shape index (κ1) is 21.1. The number of benzene rings is 1. The summed E-state index contributed by atoms with van der Waals surface area (Å²) in [5.41, 5.74) is 2.40. The maximum atomic E-state index is 13.7. The van der Waals surface area contributed by atoms with Gasteiger partial charge in [-0.05, 0) is 103 Å². The smallest absolute Gasteiger partial charge is 0.165 e. The third kappa shape index (κ3) is 3.17. The molecule has 0 amide bonds. The Balaban J connectivity index is 1.44. The number of Topliss-reactive ketones (excluding diaryl/α,β-unsaturated/α-hetero) is 1. The van der Waals surface area contributed by atoms with Crippen LogP contribution in [0.2, 0.25) is 0 Å². The number of ketones is 1. The summed E-state index contributed by atoms with van der Waals surface area (Å²) in [6.07, 6.45) is 13.8. The zero-order chi connectivity index (χ0) is 21.8. The summed E-state index contributed by atoms with van der Waals surface area (Å²) in [5, 5.41) is 0. The van der Waals surface area contributed by atoms with E-state index >= 15 is 0 Å². The van der Waals surface area contributed by atoms with Crippen LogP contribution in [0.3, 0.4) is 0 Å². The quantitative estimate of drug-likeness (QED) is 0.509. The van der Waals surface area contributed by atoms with Crippen molar-refractivity contribution in [1.82, 2.24) is 0 Å². The average molecular weight is 423 g/mol. The minimum absolute atomic E-state index is 0.165. The molecule has 6 atom stereocenters. The molecule has 0 saturated heterocycles. The molecule has 0 spiro atoms. The second-order valence-electron chi connectivity index (χ2n) is 11.2. The number of carbonyl (C=O) groups excluding carboxylic acids is 1. The molecule has 4 aliphatic rings. The lowest BCUT2D eigenvalue weighted by Crippen LogP contribution is -2.52. The molecule has 0 bridgehead atoms. The lowest BCUT2D eigenvalue weighted by atomic mass is 9.45. The van der Waals surface area contributed by atoms with Crippen molar-refractivity contribution in [2.24, 2.45) is 34.5 Å². The summed E-state index contributed by atoms with van der Waals surface area (Å²) in [6.45, 7) is 4.88. The molecule has 4 fully saturated rings. The minimum atomic E-state index is -0.165. The first-order valence-corrected chi connectivity index (χ1v) is 12.4. The van der Waals surface area contributed by atoms with E-state index in [9.17, 15) is 4.79 Å². The van der Waals surface area contributed by atoms with E-state index in [2.05, 4.69) is 19.9 Å². The lowest BCUT2D eigenvalue weighted by molar-refractivity contribution is -0.137. The molecule has 4 aliphatic carbocycles. The Morgan fingerprint density at radius 2 is 1.74 bits per heavy atom. The van der Waals surface area contributed by atoms with E-state index in [1.54, 1.807) is 14.2 Å². The van der Waals surface area contributed by atoms with Crippen molar-refractivity contribution in [3.63, 3.8) is 0 Å². The van der Waals surface area contributed by atoms with Gasteiger partial charge in [-0.2, -0.15) is 0 Å². The molecule has 0 aromatic heterocycles. The SMILES string of the molecule is COc1ccc(/C=C2\C[C@H]3[C@@H]4CC[C@H]5CCCC[C@]5(C)[C@H]4CC[C@]3(C)C2=O)cc1OC. The zero-order valence-electron chi connectivity index (χ0n) is 19.7. The molecule has 168 valence electrons. The molecule has 1 aromatic rings. The normalized spacial score (nSPS) is 40.8. The Bertz CT molecular complexity index is 902. The van der Waals surface area contributed by atoms with Crippen LogP contribution < -0.4 is 9.47 Å². The predicted octanol–water partition coefficient (Wildman–Crippen LogP) is 6.70. The van der Waals surface area contributed by atoms with E-state index < -0.39 is 0 Å². The summed E-state index contributed by atoms with van der Waals surface area (Å²) in [5.74, 6) is 4.83. The molecule has 3 heteroatoms. The second-order valence-corrected chi connectivity index (χ2v) is 11.2. The fourth-order valence-corrected chi connectivity index (χ4v) is 8.24. The summed E-state index contributed by atoms with van der Waals surface area (Å²) in [6, 6.07) is 5.95. The molecule has 1 aromatic carbocycles. The van der Waals surface area contributed by atoms with Gasteiger partial charge in [0.05, 0.1) is 14.2 Å². The van der Waals surface area contributed by atoms with Crippen molar-refractivity contribution >= 4 is 11.9 Å². The number of methoxy groups -OCH3 is 2. The fraction of sp³-hybridized carbons (Fsp3) is 0.679. The van der Waals surface area contributed by atoms with Gasteiger partial charge in [0.15, 0.2) is 17.3 Å². The summed E-state index contributed by atoms with van der Waals surface area (Å²) < 4.78 is 10.9. The van der Waals surface area contributed by atoms with Gasteiger partial charge in [-0.25, -0.2) is 0 Å². The first-order valence-electron chi connectivity index (χ1n) is 12.4. The van der Waals surface area contributed by atoms with Crippen molar-refractivity contribution in [1.29, 1.82) is 0 Å². The van der Waals surface area contributed by atoms with Crippen LogP contribution in [0, 0.1) is 34.5 Å². The van der Waals surface area contributed by atoms with Crippen molar-refractivity contribution in [3.8, 4) is 11.5 Å². The molecule has 5 rings (SSSR count). The monoisotopic (exact) mass is 422 g/mol. The summed E-state index contributed by atoms with van der Waals surface area (Å²) in [4.78, 5) is 13.7. The van der Waals surface area contributed by atoms with Crippen LogP contribution in [-0.4, -0.2) is 20.0 Å². The zero-order valence-corrected chi connectivity index (χ0v) is 19.7. The Morgan fingerprint density at radius 3 is 2.52 bits per heavy atom. The maximum Gasteiger partial charge on any atom is 0.165 e. The number of rotatable bonds is 3. The minimum Gasteiger partial charge on any atom is -0.493 e. The number of hydrogen-bond acceptors (Lipinski definition) is 3. The predicted molar refractivity (Wildman–Crippen MR) is 124 cm³/mol. The molecule has 0 heterocycles. The van der Waals surface area contributed by atoms with Crippen LogP contribution in [0.15, 0.2) is 23.8 Å². The van der Waals surface area contributed by atoms with Gasteiger partial charge in [-0.1, -0.05) is 32.8 Å². The van der Waals surface area contributed by atoms with E-state index in [1.165, 1.54) is 44.9 Å². The van der Waals surface area contributed by atoms with E-state index in [0.717, 1.165) is 53.2 Å². The molecule has 4 saturated carbocycles. The highest BCUT2D eigenvalue weighted by Crippen LogP contribution is 2.66. The van der Waals surface area contributed by atoms with Crippen LogP contribution in [0.4, 0.5) is 0 Å². The van der Waals surface area contributed by atoms with Crippen LogP contribution in [-0.2, 0) is 4.79 Å². The molecule has 0 aliphatic heterocycles. The number of carbonyl (C=O) groups is 1.